The number of carboxylic acids is 1. The molecule has 52 heavy (non-hydrogen) atoms. The number of halogens is 1. The number of pyridine rings is 1. The van der Waals surface area contributed by atoms with Crippen LogP contribution in [0.3, 0.4) is 0 Å². The molecule has 3 aliphatic rings. The fourth-order valence-electron chi connectivity index (χ4n) is 6.61. The summed E-state index contributed by atoms with van der Waals surface area (Å²) in [5, 5.41) is 9.60. The Morgan fingerprint density at radius 2 is 1.65 bits per heavy atom. The van der Waals surface area contributed by atoms with Crippen molar-refractivity contribution in [1.82, 2.24) is 19.4 Å². The van der Waals surface area contributed by atoms with Gasteiger partial charge in [-0.2, -0.15) is 0 Å². The van der Waals surface area contributed by atoms with Crippen molar-refractivity contribution in [2.24, 2.45) is 4.99 Å². The SMILES string of the molecule is O=C(O)c1cn(C2CC2)c2cc(N3CCN(CN4C(=O)C(=Nc5ccc(S(=O)(=O)Nc6ncccn6)cc5)c5ccccc54)CC3)c(F)cc2c1=O. The fourth-order valence-corrected chi connectivity index (χ4v) is 7.57. The molecule has 1 aliphatic carbocycles. The average molecular weight is 723 g/mol. The quantitative estimate of drug-likeness (QED) is 0.227. The van der Waals surface area contributed by atoms with Crippen LogP contribution in [0.1, 0.15) is 34.8 Å². The van der Waals surface area contributed by atoms with Gasteiger partial charge < -0.3 is 14.6 Å². The summed E-state index contributed by atoms with van der Waals surface area (Å²) in [4.78, 5) is 56.5. The standard InChI is InChI=1S/C36H31FN8O6S/c37-28-18-26-30(44(23-8-9-23)20-27(33(26)46)35(48)49)19-31(28)43-16-14-42(15-17-43)21-45-29-5-2-1-4-25(29)32(34(45)47)40-22-6-10-24(11-7-22)52(50,51)41-36-38-12-3-13-39-36/h1-7,10-13,18-20,23H,8-9,14-17,21H2,(H,48,49)(H,38,39,41). The maximum absolute atomic E-state index is 15.5. The molecule has 1 saturated heterocycles. The Kier molecular flexibility index (Phi) is 8.26. The molecule has 264 valence electrons. The van der Waals surface area contributed by atoms with Crippen LogP contribution in [0, 0.1) is 5.82 Å². The van der Waals surface area contributed by atoms with Gasteiger partial charge in [0.2, 0.25) is 11.4 Å². The number of carbonyl (C=O) groups is 2. The van der Waals surface area contributed by atoms with E-state index >= 15 is 4.39 Å². The highest BCUT2D eigenvalue weighted by atomic mass is 32.2. The Bertz CT molecular complexity index is 2450. The van der Waals surface area contributed by atoms with Crippen LogP contribution < -0.4 is 20.0 Å². The van der Waals surface area contributed by atoms with E-state index in [0.717, 1.165) is 18.9 Å². The molecule has 8 rings (SSSR count). The number of aliphatic imine (C=N–C) groups is 1. The lowest BCUT2D eigenvalue weighted by Gasteiger charge is -2.38. The first-order chi connectivity index (χ1) is 25.1. The lowest BCUT2D eigenvalue weighted by molar-refractivity contribution is -0.112. The largest absolute Gasteiger partial charge is 0.477 e. The molecule has 3 aromatic carbocycles. The van der Waals surface area contributed by atoms with Gasteiger partial charge in [0.15, 0.2) is 0 Å². The number of carboxylic acid groups (broad SMARTS) is 1. The number of piperazine rings is 1. The molecule has 5 aromatic rings. The van der Waals surface area contributed by atoms with Gasteiger partial charge in [-0.1, -0.05) is 18.2 Å². The molecule has 2 aromatic heterocycles. The maximum atomic E-state index is 15.5. The molecule has 2 aliphatic heterocycles. The van der Waals surface area contributed by atoms with E-state index in [0.29, 0.717) is 54.3 Å². The normalized spacial score (nSPS) is 17.2. The molecule has 2 N–H and O–H groups in total. The van der Waals surface area contributed by atoms with Gasteiger partial charge in [-0.25, -0.2) is 37.3 Å². The number of aromatic nitrogens is 3. The number of aromatic carboxylic acids is 1. The number of carbonyl (C=O) groups excluding carboxylic acids is 1. The number of para-hydroxylation sites is 1. The van der Waals surface area contributed by atoms with E-state index in [1.807, 2.05) is 29.2 Å². The summed E-state index contributed by atoms with van der Waals surface area (Å²) in [6.45, 7) is 2.21. The Morgan fingerprint density at radius 3 is 2.35 bits per heavy atom. The van der Waals surface area contributed by atoms with Gasteiger partial charge in [-0.15, -0.1) is 0 Å². The third-order valence-electron chi connectivity index (χ3n) is 9.40. The molecular formula is C36H31FN8O6S. The topological polar surface area (TPSA) is 170 Å². The number of hydrogen-bond acceptors (Lipinski definition) is 10. The van der Waals surface area contributed by atoms with Crippen LogP contribution in [-0.2, 0) is 14.8 Å². The number of fused-ring (bicyclic) bond motifs is 2. The van der Waals surface area contributed by atoms with Crippen LogP contribution in [0.5, 0.6) is 0 Å². The Hall–Kier alpha value is -6.00. The molecule has 4 heterocycles. The summed E-state index contributed by atoms with van der Waals surface area (Å²) in [5.74, 6) is -2.29. The number of benzene rings is 3. The number of sulfonamides is 1. The molecular weight excluding hydrogens is 692 g/mol. The van der Waals surface area contributed by atoms with Crippen LogP contribution >= 0.6 is 0 Å². The van der Waals surface area contributed by atoms with Crippen LogP contribution in [-0.4, -0.2) is 83.4 Å². The van der Waals surface area contributed by atoms with Crippen molar-refractivity contribution in [3.05, 3.63) is 112 Å². The molecule has 2 fully saturated rings. The summed E-state index contributed by atoms with van der Waals surface area (Å²) in [6.07, 6.45) is 5.92. The Labute approximate surface area is 296 Å². The average Bonchev–Trinajstić information content (AvgIpc) is 3.96. The zero-order valence-corrected chi connectivity index (χ0v) is 28.3. The van der Waals surface area contributed by atoms with E-state index in [2.05, 4.69) is 24.6 Å². The number of anilines is 3. The molecule has 0 spiro atoms. The highest BCUT2D eigenvalue weighted by Crippen LogP contribution is 2.38. The number of rotatable bonds is 9. The van der Waals surface area contributed by atoms with Crippen molar-refractivity contribution in [1.29, 1.82) is 0 Å². The van der Waals surface area contributed by atoms with E-state index in [4.69, 9.17) is 0 Å². The third-order valence-corrected chi connectivity index (χ3v) is 10.7. The fraction of sp³-hybridized carbons (Fsp3) is 0.222. The van der Waals surface area contributed by atoms with E-state index in [1.165, 1.54) is 42.9 Å². The lowest BCUT2D eigenvalue weighted by Crippen LogP contribution is -2.51. The summed E-state index contributed by atoms with van der Waals surface area (Å²) < 4.78 is 45.3. The first-order valence-corrected chi connectivity index (χ1v) is 18.0. The summed E-state index contributed by atoms with van der Waals surface area (Å²) in [6, 6.07) is 17.6. The van der Waals surface area contributed by atoms with Crippen LogP contribution in [0.15, 0.2) is 100 Å². The molecule has 1 saturated carbocycles. The van der Waals surface area contributed by atoms with Gasteiger partial charge in [0.25, 0.3) is 15.9 Å². The summed E-state index contributed by atoms with van der Waals surface area (Å²) >= 11 is 0. The summed E-state index contributed by atoms with van der Waals surface area (Å²) in [5.41, 5.74) is 1.74. The molecule has 0 bridgehead atoms. The Morgan fingerprint density at radius 1 is 0.942 bits per heavy atom. The molecule has 0 radical (unpaired) electrons. The van der Waals surface area contributed by atoms with Gasteiger partial charge in [0.05, 0.1) is 34.1 Å². The van der Waals surface area contributed by atoms with Gasteiger partial charge in [-0.3, -0.25) is 19.4 Å². The minimum absolute atomic E-state index is 0.0176. The van der Waals surface area contributed by atoms with Crippen LogP contribution in [0.2, 0.25) is 0 Å². The smallest absolute Gasteiger partial charge is 0.341 e. The van der Waals surface area contributed by atoms with Crippen molar-refractivity contribution in [3.63, 3.8) is 0 Å². The van der Waals surface area contributed by atoms with E-state index in [9.17, 15) is 27.9 Å². The predicted molar refractivity (Wildman–Crippen MR) is 191 cm³/mol. The first-order valence-electron chi connectivity index (χ1n) is 16.6. The van der Waals surface area contributed by atoms with Crippen LogP contribution in [0.25, 0.3) is 10.9 Å². The summed E-state index contributed by atoms with van der Waals surface area (Å²) in [7, 11) is -3.95. The van der Waals surface area contributed by atoms with Gasteiger partial charge in [0.1, 0.15) is 17.1 Å². The van der Waals surface area contributed by atoms with Crippen molar-refractivity contribution in [3.8, 4) is 0 Å². The molecule has 16 heteroatoms. The van der Waals surface area contributed by atoms with Crippen molar-refractivity contribution >= 4 is 61.5 Å². The van der Waals surface area contributed by atoms with Gasteiger partial charge in [0, 0.05) is 61.8 Å². The van der Waals surface area contributed by atoms with E-state index < -0.39 is 27.2 Å². The molecule has 0 unspecified atom stereocenters. The second-order valence-corrected chi connectivity index (χ2v) is 14.4. The van der Waals surface area contributed by atoms with Crippen molar-refractivity contribution < 1.29 is 27.5 Å². The minimum atomic E-state index is -3.95. The first kappa shape index (κ1) is 33.2. The van der Waals surface area contributed by atoms with Crippen LogP contribution in [0.4, 0.5) is 27.4 Å². The van der Waals surface area contributed by atoms with Crippen molar-refractivity contribution in [2.45, 2.75) is 23.8 Å². The number of hydrogen-bond donors (Lipinski definition) is 2. The second kappa shape index (κ2) is 13.0. The maximum Gasteiger partial charge on any atom is 0.341 e. The zero-order valence-electron chi connectivity index (χ0n) is 27.5. The number of amides is 1. The number of nitrogens with zero attached hydrogens (tertiary/aromatic N) is 7. The minimum Gasteiger partial charge on any atom is -0.477 e. The van der Waals surface area contributed by atoms with Crippen molar-refractivity contribution in [2.75, 3.05) is 47.4 Å². The van der Waals surface area contributed by atoms with E-state index in [1.54, 1.807) is 21.6 Å². The third kappa shape index (κ3) is 6.15. The lowest BCUT2D eigenvalue weighted by atomic mass is 10.1. The van der Waals surface area contributed by atoms with Gasteiger partial charge in [-0.05, 0) is 61.4 Å². The second-order valence-electron chi connectivity index (χ2n) is 12.8. The molecule has 1 amide bonds. The Balaban J connectivity index is 0.981. The highest BCUT2D eigenvalue weighted by molar-refractivity contribution is 7.92. The number of nitrogens with one attached hydrogen (secondary N) is 1. The highest BCUT2D eigenvalue weighted by Gasteiger charge is 2.36. The molecule has 0 atom stereocenters. The van der Waals surface area contributed by atoms with Gasteiger partial charge >= 0.3 is 5.97 Å². The predicted octanol–water partition coefficient (Wildman–Crippen LogP) is 4.01. The van der Waals surface area contributed by atoms with E-state index in [-0.39, 0.29) is 46.1 Å². The zero-order chi connectivity index (χ0) is 36.1. The monoisotopic (exact) mass is 722 g/mol. The molecule has 14 nitrogen and oxygen atoms in total.